The van der Waals surface area contributed by atoms with E-state index in [0.29, 0.717) is 16.7 Å². The lowest BCUT2D eigenvalue weighted by molar-refractivity contribution is -0.0508. The Morgan fingerprint density at radius 1 is 1.30 bits per heavy atom. The molecule has 4 atom stereocenters. The number of rotatable bonds is 3. The molecule has 8 nitrogen and oxygen atoms in total. The smallest absolute Gasteiger partial charge is 0.164 e. The van der Waals surface area contributed by atoms with Crippen LogP contribution in [0.2, 0.25) is 0 Å². The summed E-state index contributed by atoms with van der Waals surface area (Å²) in [6.45, 7) is -0.384. The summed E-state index contributed by atoms with van der Waals surface area (Å²) in [6, 6.07) is 3.31. The van der Waals surface area contributed by atoms with Crippen LogP contribution in [0.4, 0.5) is 5.69 Å². The van der Waals surface area contributed by atoms with E-state index in [9.17, 15) is 10.2 Å². The minimum absolute atomic E-state index is 0.384. The second-order valence-corrected chi connectivity index (χ2v) is 4.66. The maximum absolute atomic E-state index is 10.0. The number of aliphatic hydroxyl groups excluding tert-OH is 3. The summed E-state index contributed by atoms with van der Waals surface area (Å²) in [5.74, 6) is 0. The molecule has 2 aromatic heterocycles. The monoisotopic (exact) mass is 281 g/mol. The van der Waals surface area contributed by atoms with Crippen molar-refractivity contribution in [1.29, 1.82) is 0 Å². The standard InChI is InChI=1S/C12H15N3O5/c16-5-8-9(17)10(18)12(20-8)15-4-2-6-7(14-19)1-3-13-11(6)15/h1-4,8-10,12,16-19H,5H2,(H,13,14)/t8-,9-,10-,12+/m1/s1. The third-order valence-corrected chi connectivity index (χ3v) is 3.53. The van der Waals surface area contributed by atoms with E-state index in [1.54, 1.807) is 22.9 Å². The number of nitrogens with zero attached hydrogens (tertiary/aromatic N) is 2. The number of nitrogens with one attached hydrogen (secondary N) is 1. The third kappa shape index (κ3) is 1.86. The van der Waals surface area contributed by atoms with Crippen molar-refractivity contribution in [3.8, 4) is 0 Å². The lowest BCUT2D eigenvalue weighted by atomic mass is 10.1. The van der Waals surface area contributed by atoms with E-state index in [-0.39, 0.29) is 6.61 Å². The van der Waals surface area contributed by atoms with Crippen LogP contribution in [0.15, 0.2) is 24.5 Å². The average molecular weight is 281 g/mol. The summed E-state index contributed by atoms with van der Waals surface area (Å²) in [6.07, 6.45) is -0.887. The molecule has 0 aliphatic carbocycles. The number of ether oxygens (including phenoxy) is 1. The van der Waals surface area contributed by atoms with Crippen molar-refractivity contribution in [3.05, 3.63) is 24.5 Å². The van der Waals surface area contributed by atoms with Crippen LogP contribution in [0, 0.1) is 0 Å². The first-order chi connectivity index (χ1) is 9.67. The highest BCUT2D eigenvalue weighted by Crippen LogP contribution is 2.33. The van der Waals surface area contributed by atoms with Gasteiger partial charge in [-0.05, 0) is 12.1 Å². The van der Waals surface area contributed by atoms with Crippen molar-refractivity contribution in [3.63, 3.8) is 0 Å². The molecule has 1 saturated heterocycles. The molecule has 0 bridgehead atoms. The zero-order valence-corrected chi connectivity index (χ0v) is 10.4. The molecule has 0 unspecified atom stereocenters. The second kappa shape index (κ2) is 5.00. The number of pyridine rings is 1. The highest BCUT2D eigenvalue weighted by atomic mass is 16.6. The predicted molar refractivity (Wildman–Crippen MR) is 68.2 cm³/mol. The van der Waals surface area contributed by atoms with Gasteiger partial charge in [0.2, 0.25) is 0 Å². The molecule has 108 valence electrons. The van der Waals surface area contributed by atoms with Gasteiger partial charge in [-0.1, -0.05) is 0 Å². The van der Waals surface area contributed by atoms with Gasteiger partial charge < -0.3 is 24.6 Å². The summed E-state index contributed by atoms with van der Waals surface area (Å²) in [7, 11) is 0. The fourth-order valence-corrected chi connectivity index (χ4v) is 2.47. The Balaban J connectivity index is 2.03. The van der Waals surface area contributed by atoms with Crippen molar-refractivity contribution < 1.29 is 25.3 Å². The zero-order chi connectivity index (χ0) is 14.3. The van der Waals surface area contributed by atoms with Gasteiger partial charge in [-0.2, -0.15) is 0 Å². The number of anilines is 1. The molecule has 0 aromatic carbocycles. The first-order valence-corrected chi connectivity index (χ1v) is 6.15. The maximum atomic E-state index is 10.0. The summed E-state index contributed by atoms with van der Waals surface area (Å²) in [5.41, 5.74) is 3.03. The van der Waals surface area contributed by atoms with Crippen molar-refractivity contribution in [2.24, 2.45) is 0 Å². The van der Waals surface area contributed by atoms with Crippen molar-refractivity contribution in [1.82, 2.24) is 9.55 Å². The highest BCUT2D eigenvalue weighted by Gasteiger charge is 2.43. The van der Waals surface area contributed by atoms with Crippen LogP contribution < -0.4 is 5.48 Å². The Bertz CT molecular complexity index is 616. The molecule has 20 heavy (non-hydrogen) atoms. The Hall–Kier alpha value is -1.71. The summed E-state index contributed by atoms with van der Waals surface area (Å²) in [5, 5.41) is 38.6. The van der Waals surface area contributed by atoms with Crippen LogP contribution in [-0.2, 0) is 4.74 Å². The number of aliphatic hydroxyl groups is 3. The van der Waals surface area contributed by atoms with E-state index in [1.165, 1.54) is 6.20 Å². The fraction of sp³-hybridized carbons (Fsp3) is 0.417. The van der Waals surface area contributed by atoms with E-state index in [2.05, 4.69) is 10.5 Å². The Morgan fingerprint density at radius 2 is 2.10 bits per heavy atom. The molecule has 0 radical (unpaired) electrons. The second-order valence-electron chi connectivity index (χ2n) is 4.66. The lowest BCUT2D eigenvalue weighted by Crippen LogP contribution is -2.33. The molecule has 0 amide bonds. The van der Waals surface area contributed by atoms with Crippen LogP contribution in [-0.4, -0.2) is 55.0 Å². The predicted octanol–water partition coefficient (Wildman–Crippen LogP) is -0.551. The topological polar surface area (TPSA) is 120 Å². The molecular formula is C12H15N3O5. The molecule has 1 fully saturated rings. The van der Waals surface area contributed by atoms with E-state index < -0.39 is 24.5 Å². The van der Waals surface area contributed by atoms with E-state index in [0.717, 1.165) is 0 Å². The van der Waals surface area contributed by atoms with Gasteiger partial charge in [0.05, 0.1) is 12.3 Å². The normalized spacial score (nSPS) is 30.0. The summed E-state index contributed by atoms with van der Waals surface area (Å²) >= 11 is 0. The minimum Gasteiger partial charge on any atom is -0.394 e. The van der Waals surface area contributed by atoms with Gasteiger partial charge in [0.15, 0.2) is 6.23 Å². The first kappa shape index (κ1) is 13.3. The molecule has 3 rings (SSSR count). The molecule has 2 aromatic rings. The Kier molecular flexibility index (Phi) is 3.32. The molecule has 8 heteroatoms. The van der Waals surface area contributed by atoms with Gasteiger partial charge in [0.25, 0.3) is 0 Å². The minimum atomic E-state index is -1.17. The molecule has 1 aliphatic rings. The van der Waals surface area contributed by atoms with Gasteiger partial charge in [-0.15, -0.1) is 0 Å². The number of hydrogen-bond donors (Lipinski definition) is 5. The van der Waals surface area contributed by atoms with Crippen LogP contribution in [0.25, 0.3) is 11.0 Å². The first-order valence-electron chi connectivity index (χ1n) is 6.15. The quantitative estimate of drug-likeness (QED) is 0.479. The molecule has 5 N–H and O–H groups in total. The van der Waals surface area contributed by atoms with Gasteiger partial charge in [-0.25, -0.2) is 4.98 Å². The maximum Gasteiger partial charge on any atom is 0.164 e. The number of aromatic nitrogens is 2. The van der Waals surface area contributed by atoms with Crippen LogP contribution >= 0.6 is 0 Å². The van der Waals surface area contributed by atoms with Crippen molar-refractivity contribution in [2.45, 2.75) is 24.5 Å². The summed E-state index contributed by atoms with van der Waals surface area (Å²) in [4.78, 5) is 4.18. The van der Waals surface area contributed by atoms with Gasteiger partial charge in [-0.3, -0.25) is 10.7 Å². The lowest BCUT2D eigenvalue weighted by Gasteiger charge is -2.17. The average Bonchev–Trinajstić information content (AvgIpc) is 3.01. The van der Waals surface area contributed by atoms with Crippen LogP contribution in [0.5, 0.6) is 0 Å². The van der Waals surface area contributed by atoms with Crippen molar-refractivity contribution >= 4 is 16.7 Å². The summed E-state index contributed by atoms with van der Waals surface area (Å²) < 4.78 is 7.01. The third-order valence-electron chi connectivity index (χ3n) is 3.53. The number of fused-ring (bicyclic) bond motifs is 1. The molecule has 0 saturated carbocycles. The molecule has 0 spiro atoms. The molecular weight excluding hydrogens is 266 g/mol. The van der Waals surface area contributed by atoms with Crippen LogP contribution in [0.1, 0.15) is 6.23 Å². The fourth-order valence-electron chi connectivity index (χ4n) is 2.47. The van der Waals surface area contributed by atoms with Crippen molar-refractivity contribution in [2.75, 3.05) is 12.1 Å². The molecule has 1 aliphatic heterocycles. The zero-order valence-electron chi connectivity index (χ0n) is 10.4. The van der Waals surface area contributed by atoms with Gasteiger partial charge in [0.1, 0.15) is 24.0 Å². The van der Waals surface area contributed by atoms with E-state index in [4.69, 9.17) is 15.1 Å². The SMILES string of the molecule is OC[C@H]1O[C@H](n2ccc3c(NO)ccnc32)[C@H](O)[C@@H]1O. The van der Waals surface area contributed by atoms with Gasteiger partial charge >= 0.3 is 0 Å². The highest BCUT2D eigenvalue weighted by molar-refractivity contribution is 5.89. The Morgan fingerprint density at radius 3 is 2.75 bits per heavy atom. The molecule has 3 heterocycles. The van der Waals surface area contributed by atoms with Crippen LogP contribution in [0.3, 0.4) is 0 Å². The van der Waals surface area contributed by atoms with E-state index in [1.807, 2.05) is 0 Å². The Labute approximate surface area is 113 Å². The van der Waals surface area contributed by atoms with E-state index >= 15 is 0 Å². The van der Waals surface area contributed by atoms with Gasteiger partial charge in [0, 0.05) is 17.8 Å². The largest absolute Gasteiger partial charge is 0.394 e. The number of hydrogen-bond acceptors (Lipinski definition) is 7.